The van der Waals surface area contributed by atoms with Gasteiger partial charge in [0.05, 0.1) is 12.8 Å². The van der Waals surface area contributed by atoms with E-state index in [1.807, 2.05) is 36.4 Å². The molecule has 0 unspecified atom stereocenters. The summed E-state index contributed by atoms with van der Waals surface area (Å²) in [6, 6.07) is 11.2. The smallest absolute Gasteiger partial charge is 0.223 e. The summed E-state index contributed by atoms with van der Waals surface area (Å²) in [4.78, 5) is 12.9. The van der Waals surface area contributed by atoms with Crippen LogP contribution < -0.4 is 15.5 Å². The van der Waals surface area contributed by atoms with Crippen LogP contribution in [0.15, 0.2) is 47.1 Å². The summed E-state index contributed by atoms with van der Waals surface area (Å²) in [6.07, 6.45) is 1.62. The Bertz CT molecular complexity index is 608. The first-order valence-corrected chi connectivity index (χ1v) is 6.88. The number of thiocarbonyl (C=S) groups is 1. The van der Waals surface area contributed by atoms with E-state index in [-0.39, 0.29) is 5.91 Å². The number of amides is 1. The number of hydrogen-bond donors (Lipinski definition) is 2. The van der Waals surface area contributed by atoms with Gasteiger partial charge in [-0.3, -0.25) is 4.79 Å². The zero-order chi connectivity index (χ0) is 15.2. The standard InChI is InChI=1S/C15H17N3O2S/c1-11(19)18(2)13-7-5-12(6-8-13)17-15(21)16-10-14-4-3-9-20-14/h3-9H,10H2,1-2H3,(H2,16,17,21). The van der Waals surface area contributed by atoms with Crippen molar-refractivity contribution in [2.45, 2.75) is 13.5 Å². The van der Waals surface area contributed by atoms with Gasteiger partial charge in [-0.15, -0.1) is 0 Å². The van der Waals surface area contributed by atoms with Crippen LogP contribution in [0.5, 0.6) is 0 Å². The van der Waals surface area contributed by atoms with Gasteiger partial charge in [0.25, 0.3) is 0 Å². The quantitative estimate of drug-likeness (QED) is 0.851. The molecule has 0 bridgehead atoms. The Balaban J connectivity index is 1.88. The molecule has 1 aromatic heterocycles. The molecule has 2 rings (SSSR count). The average molecular weight is 303 g/mol. The minimum Gasteiger partial charge on any atom is -0.467 e. The fraction of sp³-hybridized carbons (Fsp3) is 0.200. The van der Waals surface area contributed by atoms with Crippen molar-refractivity contribution in [2.24, 2.45) is 0 Å². The highest BCUT2D eigenvalue weighted by Crippen LogP contribution is 2.16. The van der Waals surface area contributed by atoms with E-state index in [4.69, 9.17) is 16.6 Å². The molecule has 0 fully saturated rings. The van der Waals surface area contributed by atoms with Gasteiger partial charge in [0.1, 0.15) is 5.76 Å². The van der Waals surface area contributed by atoms with Crippen LogP contribution in [-0.2, 0) is 11.3 Å². The molecular formula is C15H17N3O2S. The fourth-order valence-electron chi connectivity index (χ4n) is 1.71. The molecule has 0 atom stereocenters. The van der Waals surface area contributed by atoms with Crippen LogP contribution in [0.2, 0.25) is 0 Å². The molecule has 0 saturated carbocycles. The van der Waals surface area contributed by atoms with Crippen LogP contribution >= 0.6 is 12.2 Å². The zero-order valence-corrected chi connectivity index (χ0v) is 12.7. The molecule has 2 N–H and O–H groups in total. The van der Waals surface area contributed by atoms with Gasteiger partial charge >= 0.3 is 0 Å². The van der Waals surface area contributed by atoms with Crippen LogP contribution in [0.1, 0.15) is 12.7 Å². The van der Waals surface area contributed by atoms with Crippen molar-refractivity contribution in [3.05, 3.63) is 48.4 Å². The summed E-state index contributed by atoms with van der Waals surface area (Å²) in [5, 5.41) is 6.64. The summed E-state index contributed by atoms with van der Waals surface area (Å²) < 4.78 is 5.21. The summed E-state index contributed by atoms with van der Waals surface area (Å²) in [5.74, 6) is 0.809. The van der Waals surface area contributed by atoms with E-state index in [0.717, 1.165) is 17.1 Å². The van der Waals surface area contributed by atoms with Crippen molar-refractivity contribution in [3.8, 4) is 0 Å². The first-order chi connectivity index (χ1) is 10.1. The number of carbonyl (C=O) groups excluding carboxylic acids is 1. The predicted molar refractivity (Wildman–Crippen MR) is 87.3 cm³/mol. The Morgan fingerprint density at radius 3 is 2.57 bits per heavy atom. The number of carbonyl (C=O) groups is 1. The lowest BCUT2D eigenvalue weighted by atomic mass is 10.2. The molecule has 0 aliphatic rings. The van der Waals surface area contributed by atoms with Gasteiger partial charge in [0.2, 0.25) is 5.91 Å². The third-order valence-corrected chi connectivity index (χ3v) is 3.23. The number of anilines is 2. The molecule has 5 nitrogen and oxygen atoms in total. The van der Waals surface area contributed by atoms with Crippen LogP contribution in [0.25, 0.3) is 0 Å². The van der Waals surface area contributed by atoms with E-state index in [2.05, 4.69) is 10.6 Å². The van der Waals surface area contributed by atoms with Crippen molar-refractivity contribution in [3.63, 3.8) is 0 Å². The van der Waals surface area contributed by atoms with Crippen molar-refractivity contribution in [1.82, 2.24) is 5.32 Å². The first-order valence-electron chi connectivity index (χ1n) is 6.48. The summed E-state index contributed by atoms with van der Waals surface area (Å²) in [6.45, 7) is 2.06. The number of rotatable bonds is 4. The van der Waals surface area contributed by atoms with Gasteiger partial charge < -0.3 is 20.0 Å². The van der Waals surface area contributed by atoms with Crippen LogP contribution in [-0.4, -0.2) is 18.1 Å². The maximum absolute atomic E-state index is 11.3. The maximum Gasteiger partial charge on any atom is 0.223 e. The van der Waals surface area contributed by atoms with Gasteiger partial charge in [-0.1, -0.05) is 0 Å². The van der Waals surface area contributed by atoms with Crippen LogP contribution in [0.4, 0.5) is 11.4 Å². The second-order valence-electron chi connectivity index (χ2n) is 4.51. The summed E-state index contributed by atoms with van der Waals surface area (Å²) >= 11 is 5.21. The average Bonchev–Trinajstić information content (AvgIpc) is 2.98. The van der Waals surface area contributed by atoms with E-state index in [1.165, 1.54) is 6.92 Å². The number of nitrogens with zero attached hydrogens (tertiary/aromatic N) is 1. The third kappa shape index (κ3) is 4.32. The normalized spacial score (nSPS) is 10.0. The molecule has 0 aliphatic carbocycles. The molecule has 0 radical (unpaired) electrons. The Morgan fingerprint density at radius 2 is 2.00 bits per heavy atom. The van der Waals surface area contributed by atoms with Crippen molar-refractivity contribution in [2.75, 3.05) is 17.3 Å². The Morgan fingerprint density at radius 1 is 1.29 bits per heavy atom. The lowest BCUT2D eigenvalue weighted by Gasteiger charge is -2.16. The molecule has 6 heteroatoms. The second kappa shape index (κ2) is 6.90. The molecule has 1 amide bonds. The molecule has 110 valence electrons. The number of furan rings is 1. The molecule has 1 aromatic carbocycles. The SMILES string of the molecule is CC(=O)N(C)c1ccc(NC(=S)NCc2ccco2)cc1. The van der Waals surface area contributed by atoms with E-state index in [0.29, 0.717) is 11.7 Å². The minimum atomic E-state index is -0.00801. The maximum atomic E-state index is 11.3. The monoisotopic (exact) mass is 303 g/mol. The van der Waals surface area contributed by atoms with Gasteiger partial charge in [-0.05, 0) is 48.6 Å². The lowest BCUT2D eigenvalue weighted by molar-refractivity contribution is -0.116. The zero-order valence-electron chi connectivity index (χ0n) is 11.9. The van der Waals surface area contributed by atoms with Gasteiger partial charge in [0, 0.05) is 25.3 Å². The van der Waals surface area contributed by atoms with E-state index in [1.54, 1.807) is 18.2 Å². The van der Waals surface area contributed by atoms with Crippen molar-refractivity contribution >= 4 is 34.6 Å². The third-order valence-electron chi connectivity index (χ3n) is 2.99. The summed E-state index contributed by atoms with van der Waals surface area (Å²) in [7, 11) is 1.74. The molecule has 0 saturated heterocycles. The summed E-state index contributed by atoms with van der Waals surface area (Å²) in [5.41, 5.74) is 1.69. The molecule has 0 spiro atoms. The molecular weight excluding hydrogens is 286 g/mol. The molecule has 21 heavy (non-hydrogen) atoms. The Kier molecular flexibility index (Phi) is 4.94. The molecule has 2 aromatic rings. The van der Waals surface area contributed by atoms with E-state index < -0.39 is 0 Å². The number of benzene rings is 1. The second-order valence-corrected chi connectivity index (χ2v) is 4.92. The van der Waals surface area contributed by atoms with E-state index in [9.17, 15) is 4.79 Å². The Labute approximate surface area is 128 Å². The number of hydrogen-bond acceptors (Lipinski definition) is 3. The van der Waals surface area contributed by atoms with Gasteiger partial charge in [0.15, 0.2) is 5.11 Å². The molecule has 0 aliphatic heterocycles. The van der Waals surface area contributed by atoms with Crippen LogP contribution in [0.3, 0.4) is 0 Å². The van der Waals surface area contributed by atoms with Crippen LogP contribution in [0, 0.1) is 0 Å². The van der Waals surface area contributed by atoms with Crippen molar-refractivity contribution < 1.29 is 9.21 Å². The highest BCUT2D eigenvalue weighted by Gasteiger charge is 2.05. The van der Waals surface area contributed by atoms with Gasteiger partial charge in [-0.2, -0.15) is 0 Å². The van der Waals surface area contributed by atoms with E-state index >= 15 is 0 Å². The highest BCUT2D eigenvalue weighted by atomic mass is 32.1. The van der Waals surface area contributed by atoms with Crippen molar-refractivity contribution in [1.29, 1.82) is 0 Å². The predicted octanol–water partition coefficient (Wildman–Crippen LogP) is 2.75. The molecule has 1 heterocycles. The van der Waals surface area contributed by atoms with Gasteiger partial charge in [-0.25, -0.2) is 0 Å². The first kappa shape index (κ1) is 15.1. The lowest BCUT2D eigenvalue weighted by Crippen LogP contribution is -2.27. The minimum absolute atomic E-state index is 0.00801. The topological polar surface area (TPSA) is 57.5 Å². The fourth-order valence-corrected chi connectivity index (χ4v) is 1.90. The Hall–Kier alpha value is -2.34. The largest absolute Gasteiger partial charge is 0.467 e. The highest BCUT2D eigenvalue weighted by molar-refractivity contribution is 7.80. The number of nitrogens with one attached hydrogen (secondary N) is 2.